The Hall–Kier alpha value is -1.55. The van der Waals surface area contributed by atoms with Gasteiger partial charge in [0.1, 0.15) is 0 Å². The predicted octanol–water partition coefficient (Wildman–Crippen LogP) is 2.43. The van der Waals surface area contributed by atoms with Crippen molar-refractivity contribution in [3.05, 3.63) is 35.4 Å². The molecule has 0 aromatic heterocycles. The highest BCUT2D eigenvalue weighted by molar-refractivity contribution is 5.79. The minimum absolute atomic E-state index is 0.0604. The van der Waals surface area contributed by atoms with E-state index < -0.39 is 0 Å². The summed E-state index contributed by atoms with van der Waals surface area (Å²) >= 11 is 0. The van der Waals surface area contributed by atoms with Crippen molar-refractivity contribution >= 4 is 5.96 Å². The summed E-state index contributed by atoms with van der Waals surface area (Å²) in [5, 5.41) is 16.1. The third-order valence-corrected chi connectivity index (χ3v) is 4.43. The molecule has 3 N–H and O–H groups in total. The van der Waals surface area contributed by atoms with E-state index in [1.807, 2.05) is 0 Å². The van der Waals surface area contributed by atoms with Gasteiger partial charge in [-0.05, 0) is 38.2 Å². The highest BCUT2D eigenvalue weighted by Gasteiger charge is 2.41. The smallest absolute Gasteiger partial charge is 0.191 e. The van der Waals surface area contributed by atoms with Crippen LogP contribution in [-0.2, 0) is 0 Å². The quantitative estimate of drug-likeness (QED) is 0.535. The monoisotopic (exact) mass is 303 g/mol. The van der Waals surface area contributed by atoms with E-state index in [9.17, 15) is 5.11 Å². The Bertz CT molecular complexity index is 492. The highest BCUT2D eigenvalue weighted by atomic mass is 16.3. The van der Waals surface area contributed by atoms with Gasteiger partial charge in [-0.2, -0.15) is 0 Å². The topological polar surface area (TPSA) is 56.7 Å². The van der Waals surface area contributed by atoms with Crippen molar-refractivity contribution in [3.63, 3.8) is 0 Å². The lowest BCUT2D eigenvalue weighted by Gasteiger charge is -2.17. The zero-order valence-electron chi connectivity index (χ0n) is 14.0. The molecule has 22 heavy (non-hydrogen) atoms. The third kappa shape index (κ3) is 4.73. The number of guanidine groups is 1. The molecule has 0 radical (unpaired) electrons. The van der Waals surface area contributed by atoms with Crippen molar-refractivity contribution in [2.24, 2.45) is 10.4 Å². The molecule has 1 saturated carbocycles. The van der Waals surface area contributed by atoms with Gasteiger partial charge in [0.05, 0.1) is 13.2 Å². The second-order valence-electron chi connectivity index (χ2n) is 6.55. The van der Waals surface area contributed by atoms with E-state index in [-0.39, 0.29) is 12.0 Å². The van der Waals surface area contributed by atoms with Crippen molar-refractivity contribution < 1.29 is 5.11 Å². The highest BCUT2D eigenvalue weighted by Crippen LogP contribution is 2.45. The Balaban J connectivity index is 1.87. The first-order chi connectivity index (χ1) is 10.6. The zero-order chi connectivity index (χ0) is 16.0. The van der Waals surface area contributed by atoms with Gasteiger partial charge in [0.25, 0.3) is 0 Å². The second kappa shape index (κ2) is 7.63. The van der Waals surface area contributed by atoms with Gasteiger partial charge in [0.2, 0.25) is 0 Å². The average molecular weight is 303 g/mol. The van der Waals surface area contributed by atoms with Crippen LogP contribution in [0.2, 0.25) is 0 Å². The first kappa shape index (κ1) is 16.8. The molecule has 1 aromatic carbocycles. The van der Waals surface area contributed by atoms with Gasteiger partial charge >= 0.3 is 0 Å². The number of hydrogen-bond donors (Lipinski definition) is 3. The molecule has 2 rings (SSSR count). The summed E-state index contributed by atoms with van der Waals surface area (Å²) in [7, 11) is 0. The van der Waals surface area contributed by atoms with Crippen molar-refractivity contribution in [1.29, 1.82) is 0 Å². The van der Waals surface area contributed by atoms with Crippen LogP contribution in [0, 0.1) is 12.3 Å². The van der Waals surface area contributed by atoms with E-state index in [1.165, 1.54) is 11.1 Å². The van der Waals surface area contributed by atoms with Crippen LogP contribution >= 0.6 is 0 Å². The van der Waals surface area contributed by atoms with E-state index in [0.29, 0.717) is 12.5 Å². The van der Waals surface area contributed by atoms with Crippen LogP contribution in [0.1, 0.15) is 43.7 Å². The lowest BCUT2D eigenvalue weighted by Crippen LogP contribution is -2.39. The maximum Gasteiger partial charge on any atom is 0.191 e. The number of benzene rings is 1. The Morgan fingerprint density at radius 1 is 1.27 bits per heavy atom. The molecular formula is C18H29N3O. The number of rotatable bonds is 7. The third-order valence-electron chi connectivity index (χ3n) is 4.43. The Morgan fingerprint density at radius 2 is 1.95 bits per heavy atom. The molecule has 1 aromatic rings. The fourth-order valence-corrected chi connectivity index (χ4v) is 2.39. The van der Waals surface area contributed by atoms with Crippen molar-refractivity contribution in [2.75, 3.05) is 26.2 Å². The molecule has 0 heterocycles. The van der Waals surface area contributed by atoms with E-state index >= 15 is 0 Å². The Labute approximate surface area is 134 Å². The van der Waals surface area contributed by atoms with Gasteiger partial charge in [-0.15, -0.1) is 0 Å². The molecule has 0 amide bonds. The van der Waals surface area contributed by atoms with E-state index in [4.69, 9.17) is 0 Å². The summed E-state index contributed by atoms with van der Waals surface area (Å²) in [4.78, 5) is 4.63. The van der Waals surface area contributed by atoms with Crippen LogP contribution in [0.4, 0.5) is 0 Å². The van der Waals surface area contributed by atoms with E-state index in [2.05, 4.69) is 60.7 Å². The number of hydrogen-bond acceptors (Lipinski definition) is 2. The minimum atomic E-state index is 0.0604. The Kier molecular flexibility index (Phi) is 5.83. The summed E-state index contributed by atoms with van der Waals surface area (Å²) in [5.41, 5.74) is 2.69. The molecule has 1 atom stereocenters. The minimum Gasteiger partial charge on any atom is -0.396 e. The molecule has 1 aliphatic rings. The van der Waals surface area contributed by atoms with Crippen LogP contribution in [0.25, 0.3) is 0 Å². The maximum absolute atomic E-state index is 9.38. The van der Waals surface area contributed by atoms with Gasteiger partial charge in [0, 0.05) is 18.5 Å². The molecule has 0 bridgehead atoms. The largest absolute Gasteiger partial charge is 0.396 e. The van der Waals surface area contributed by atoms with E-state index in [1.54, 1.807) is 0 Å². The van der Waals surface area contributed by atoms with Gasteiger partial charge in [-0.25, -0.2) is 0 Å². The number of aliphatic hydroxyl groups is 1. The first-order valence-electron chi connectivity index (χ1n) is 8.28. The molecule has 122 valence electrons. The van der Waals surface area contributed by atoms with Gasteiger partial charge in [-0.3, -0.25) is 4.99 Å². The van der Waals surface area contributed by atoms with Gasteiger partial charge in [0.15, 0.2) is 5.96 Å². The molecule has 0 spiro atoms. The van der Waals surface area contributed by atoms with Crippen molar-refractivity contribution in [2.45, 2.75) is 39.5 Å². The number of aliphatic hydroxyl groups excluding tert-OH is 1. The van der Waals surface area contributed by atoms with Gasteiger partial charge in [-0.1, -0.05) is 36.8 Å². The normalized spacial score (nSPS) is 17.9. The van der Waals surface area contributed by atoms with Gasteiger partial charge < -0.3 is 15.7 Å². The second-order valence-corrected chi connectivity index (χ2v) is 6.55. The van der Waals surface area contributed by atoms with E-state index in [0.717, 1.165) is 31.9 Å². The lowest BCUT2D eigenvalue weighted by molar-refractivity contribution is 0.217. The predicted molar refractivity (Wildman–Crippen MR) is 92.3 cm³/mol. The molecule has 4 heteroatoms. The number of nitrogens with zero attached hydrogens (tertiary/aromatic N) is 1. The molecule has 0 aliphatic heterocycles. The first-order valence-corrected chi connectivity index (χ1v) is 8.28. The molecule has 1 fully saturated rings. The van der Waals surface area contributed by atoms with Crippen LogP contribution in [0.5, 0.6) is 0 Å². The number of nitrogens with one attached hydrogen (secondary N) is 2. The molecule has 0 saturated heterocycles. The fraction of sp³-hybridized carbons (Fsp3) is 0.611. The Morgan fingerprint density at radius 3 is 2.50 bits per heavy atom. The number of aliphatic imine (C=N–C) groups is 1. The lowest BCUT2D eigenvalue weighted by atomic mass is 10.0. The number of aryl methyl sites for hydroxylation is 1. The van der Waals surface area contributed by atoms with Crippen LogP contribution < -0.4 is 10.6 Å². The fourth-order valence-electron chi connectivity index (χ4n) is 2.39. The summed E-state index contributed by atoms with van der Waals surface area (Å²) in [5.74, 6) is 1.28. The van der Waals surface area contributed by atoms with Crippen LogP contribution in [0.15, 0.2) is 29.3 Å². The summed E-state index contributed by atoms with van der Waals surface area (Å²) in [6.45, 7) is 9.04. The van der Waals surface area contributed by atoms with Crippen LogP contribution in [-0.4, -0.2) is 37.3 Å². The molecule has 1 aliphatic carbocycles. The van der Waals surface area contributed by atoms with Crippen LogP contribution in [0.3, 0.4) is 0 Å². The zero-order valence-corrected chi connectivity index (χ0v) is 14.0. The molecular weight excluding hydrogens is 274 g/mol. The maximum atomic E-state index is 9.38. The molecule has 1 unspecified atom stereocenters. The molecule has 4 nitrogen and oxygen atoms in total. The average Bonchev–Trinajstić information content (AvgIpc) is 3.31. The SMILES string of the molecule is CCNC(=NCC1(CO)CC1)NCC(C)c1ccc(C)cc1. The summed E-state index contributed by atoms with van der Waals surface area (Å²) in [6.07, 6.45) is 2.18. The summed E-state index contributed by atoms with van der Waals surface area (Å²) < 4.78 is 0. The summed E-state index contributed by atoms with van der Waals surface area (Å²) in [6, 6.07) is 8.69. The van der Waals surface area contributed by atoms with Crippen molar-refractivity contribution in [1.82, 2.24) is 10.6 Å². The standard InChI is InChI=1S/C18H29N3O/c1-4-19-17(21-12-18(13-22)9-10-18)20-11-15(3)16-7-5-14(2)6-8-16/h5-8,15,22H,4,9-13H2,1-3H3,(H2,19,20,21). The van der Waals surface area contributed by atoms with Crippen molar-refractivity contribution in [3.8, 4) is 0 Å².